The summed E-state index contributed by atoms with van der Waals surface area (Å²) in [5.41, 5.74) is 2.55. The Bertz CT molecular complexity index is 1120. The summed E-state index contributed by atoms with van der Waals surface area (Å²) in [6.45, 7) is 4.96. The van der Waals surface area contributed by atoms with E-state index >= 15 is 0 Å². The van der Waals surface area contributed by atoms with E-state index in [4.69, 9.17) is 14.2 Å². The Morgan fingerprint density at radius 3 is 2.61 bits per heavy atom. The topological polar surface area (TPSA) is 94.2 Å². The average Bonchev–Trinajstić information content (AvgIpc) is 3.25. The number of benzene rings is 2. The molecule has 4 rings (SSSR count). The summed E-state index contributed by atoms with van der Waals surface area (Å²) in [6, 6.07) is 13.1. The van der Waals surface area contributed by atoms with Gasteiger partial charge in [0.2, 0.25) is 5.91 Å². The third kappa shape index (κ3) is 6.44. The molecule has 1 fully saturated rings. The van der Waals surface area contributed by atoms with Gasteiger partial charge >= 0.3 is 5.97 Å². The van der Waals surface area contributed by atoms with Gasteiger partial charge in [0.05, 0.1) is 6.61 Å². The number of rotatable bonds is 8. The predicted octanol–water partition coefficient (Wildman–Crippen LogP) is 3.84. The number of ether oxygens (including phenoxy) is 3. The van der Waals surface area contributed by atoms with Gasteiger partial charge in [-0.25, -0.2) is 4.79 Å². The number of likely N-dealkylation sites (tertiary alicyclic amines) is 1. The summed E-state index contributed by atoms with van der Waals surface area (Å²) in [6.07, 6.45) is 4.96. The lowest BCUT2D eigenvalue weighted by atomic mass is 9.95. The van der Waals surface area contributed by atoms with E-state index in [1.165, 1.54) is 6.08 Å². The van der Waals surface area contributed by atoms with Crippen molar-refractivity contribution in [2.24, 2.45) is 5.92 Å². The smallest absolute Gasteiger partial charge is 0.331 e. The molecule has 1 saturated heterocycles. The summed E-state index contributed by atoms with van der Waals surface area (Å²) in [5, 5.41) is 2.91. The van der Waals surface area contributed by atoms with E-state index in [-0.39, 0.29) is 30.4 Å². The second-order valence-corrected chi connectivity index (χ2v) is 9.01. The first kappa shape index (κ1) is 25.3. The first-order chi connectivity index (χ1) is 17.4. The van der Waals surface area contributed by atoms with Crippen molar-refractivity contribution in [3.63, 3.8) is 0 Å². The molecule has 0 unspecified atom stereocenters. The van der Waals surface area contributed by atoms with Crippen LogP contribution in [0.5, 0.6) is 11.5 Å². The van der Waals surface area contributed by atoms with Crippen LogP contribution in [0.25, 0.3) is 6.08 Å². The molecule has 2 aliphatic heterocycles. The number of piperidine rings is 1. The van der Waals surface area contributed by atoms with Gasteiger partial charge in [0, 0.05) is 48.3 Å². The maximum Gasteiger partial charge on any atom is 0.331 e. The van der Waals surface area contributed by atoms with E-state index in [9.17, 15) is 14.4 Å². The molecule has 0 aliphatic carbocycles. The standard InChI is InChI=1S/C28H32N2O6/c1-3-34-24-17-22-15-19(2)36-25(22)16-21(24)9-10-27(32)35-18-26(31)30-13-11-20(12-14-30)28(33)29-23-7-5-4-6-8-23/h4-10,16-17,19-20H,3,11-15,18H2,1-2H3,(H,29,33)/b10-9+/t19-/m1/s1. The second-order valence-electron chi connectivity index (χ2n) is 9.01. The summed E-state index contributed by atoms with van der Waals surface area (Å²) < 4.78 is 16.7. The summed E-state index contributed by atoms with van der Waals surface area (Å²) >= 11 is 0. The Balaban J connectivity index is 1.24. The van der Waals surface area contributed by atoms with Crippen LogP contribution in [0.3, 0.4) is 0 Å². The van der Waals surface area contributed by atoms with E-state index in [2.05, 4.69) is 5.32 Å². The van der Waals surface area contributed by atoms with Crippen molar-refractivity contribution in [1.29, 1.82) is 0 Å². The fourth-order valence-electron chi connectivity index (χ4n) is 4.45. The highest BCUT2D eigenvalue weighted by Crippen LogP contribution is 2.35. The number of fused-ring (bicyclic) bond motifs is 1. The molecule has 8 heteroatoms. The molecular weight excluding hydrogens is 460 g/mol. The van der Waals surface area contributed by atoms with Crippen molar-refractivity contribution in [2.45, 2.75) is 39.2 Å². The van der Waals surface area contributed by atoms with Gasteiger partial charge in [-0.05, 0) is 57.0 Å². The fourth-order valence-corrected chi connectivity index (χ4v) is 4.45. The molecule has 2 aliphatic rings. The lowest BCUT2D eigenvalue weighted by Gasteiger charge is -2.31. The number of carbonyl (C=O) groups excluding carboxylic acids is 3. The molecule has 1 atom stereocenters. The third-order valence-electron chi connectivity index (χ3n) is 6.32. The van der Waals surface area contributed by atoms with E-state index in [1.807, 2.05) is 56.3 Å². The maximum atomic E-state index is 12.5. The van der Waals surface area contributed by atoms with Gasteiger partial charge in [-0.2, -0.15) is 0 Å². The lowest BCUT2D eigenvalue weighted by molar-refractivity contribution is -0.149. The summed E-state index contributed by atoms with van der Waals surface area (Å²) in [7, 11) is 0. The van der Waals surface area contributed by atoms with Crippen molar-refractivity contribution < 1.29 is 28.6 Å². The van der Waals surface area contributed by atoms with E-state index in [1.54, 1.807) is 11.0 Å². The van der Waals surface area contributed by atoms with Crippen LogP contribution in [0.1, 0.15) is 37.8 Å². The number of hydrogen-bond donors (Lipinski definition) is 1. The first-order valence-corrected chi connectivity index (χ1v) is 12.4. The molecule has 190 valence electrons. The Kier molecular flexibility index (Phi) is 8.25. The van der Waals surface area contributed by atoms with Crippen molar-refractivity contribution in [2.75, 3.05) is 31.6 Å². The molecule has 36 heavy (non-hydrogen) atoms. The van der Waals surface area contributed by atoms with E-state index in [0.29, 0.717) is 43.9 Å². The molecule has 2 aromatic rings. The van der Waals surface area contributed by atoms with Crippen LogP contribution in [0.15, 0.2) is 48.5 Å². The monoisotopic (exact) mass is 492 g/mol. The number of para-hydroxylation sites is 1. The zero-order valence-electron chi connectivity index (χ0n) is 20.7. The van der Waals surface area contributed by atoms with Crippen molar-refractivity contribution in [1.82, 2.24) is 4.90 Å². The molecule has 1 N–H and O–H groups in total. The molecule has 2 amide bonds. The number of anilines is 1. The van der Waals surface area contributed by atoms with Crippen molar-refractivity contribution in [3.8, 4) is 11.5 Å². The van der Waals surface area contributed by atoms with Gasteiger partial charge in [0.25, 0.3) is 5.91 Å². The minimum atomic E-state index is -0.613. The minimum absolute atomic E-state index is 0.0392. The normalized spacial score (nSPS) is 17.4. The van der Waals surface area contributed by atoms with Gasteiger partial charge in [0.1, 0.15) is 17.6 Å². The maximum absolute atomic E-state index is 12.5. The number of nitrogens with one attached hydrogen (secondary N) is 1. The fraction of sp³-hybridized carbons (Fsp3) is 0.393. The Hall–Kier alpha value is -3.81. The second kappa shape index (κ2) is 11.7. The van der Waals surface area contributed by atoms with Gasteiger partial charge in [-0.3, -0.25) is 9.59 Å². The number of hydrogen-bond acceptors (Lipinski definition) is 6. The van der Waals surface area contributed by atoms with Crippen molar-refractivity contribution in [3.05, 3.63) is 59.7 Å². The van der Waals surface area contributed by atoms with Gasteiger partial charge < -0.3 is 24.4 Å². The zero-order chi connectivity index (χ0) is 25.5. The quantitative estimate of drug-likeness (QED) is 0.445. The van der Waals surface area contributed by atoms with Crippen LogP contribution >= 0.6 is 0 Å². The van der Waals surface area contributed by atoms with Crippen LogP contribution in [0.4, 0.5) is 5.69 Å². The Morgan fingerprint density at radius 2 is 1.89 bits per heavy atom. The zero-order valence-corrected chi connectivity index (χ0v) is 20.7. The highest BCUT2D eigenvalue weighted by molar-refractivity contribution is 5.93. The first-order valence-electron chi connectivity index (χ1n) is 12.4. The summed E-state index contributed by atoms with van der Waals surface area (Å²) in [4.78, 5) is 38.9. The molecule has 0 saturated carbocycles. The Labute approximate surface area is 211 Å². The van der Waals surface area contributed by atoms with Gasteiger partial charge in [0.15, 0.2) is 6.61 Å². The molecule has 2 aromatic carbocycles. The minimum Gasteiger partial charge on any atom is -0.493 e. The van der Waals surface area contributed by atoms with Crippen LogP contribution in [-0.2, 0) is 25.5 Å². The number of carbonyl (C=O) groups is 3. The Morgan fingerprint density at radius 1 is 1.14 bits per heavy atom. The highest BCUT2D eigenvalue weighted by Gasteiger charge is 2.28. The molecular formula is C28H32N2O6. The van der Waals surface area contributed by atoms with Gasteiger partial charge in [-0.1, -0.05) is 18.2 Å². The molecule has 0 radical (unpaired) electrons. The van der Waals surface area contributed by atoms with E-state index < -0.39 is 5.97 Å². The number of esters is 1. The molecule has 0 bridgehead atoms. The third-order valence-corrected chi connectivity index (χ3v) is 6.32. The molecule has 0 spiro atoms. The highest BCUT2D eigenvalue weighted by atomic mass is 16.5. The predicted molar refractivity (Wildman–Crippen MR) is 136 cm³/mol. The van der Waals surface area contributed by atoms with Gasteiger partial charge in [-0.15, -0.1) is 0 Å². The molecule has 0 aromatic heterocycles. The SMILES string of the molecule is CCOc1cc2c(cc1/C=C/C(=O)OCC(=O)N1CCC(C(=O)Nc3ccccc3)CC1)O[C@H](C)C2. The van der Waals surface area contributed by atoms with Crippen LogP contribution in [0.2, 0.25) is 0 Å². The average molecular weight is 493 g/mol. The number of amides is 2. The summed E-state index contributed by atoms with van der Waals surface area (Å²) in [5.74, 6) is 0.385. The van der Waals surface area contributed by atoms with Crippen LogP contribution < -0.4 is 14.8 Å². The molecule has 2 heterocycles. The molecule has 8 nitrogen and oxygen atoms in total. The van der Waals surface area contributed by atoms with Crippen LogP contribution in [0, 0.1) is 5.92 Å². The lowest BCUT2D eigenvalue weighted by Crippen LogP contribution is -2.43. The number of nitrogens with zero attached hydrogens (tertiary/aromatic N) is 1. The van der Waals surface area contributed by atoms with Crippen LogP contribution in [-0.4, -0.2) is 55.1 Å². The van der Waals surface area contributed by atoms with Crippen molar-refractivity contribution >= 4 is 29.5 Å². The van der Waals surface area contributed by atoms with E-state index in [0.717, 1.165) is 23.4 Å². The largest absolute Gasteiger partial charge is 0.493 e.